The van der Waals surface area contributed by atoms with E-state index in [0.29, 0.717) is 24.7 Å². The summed E-state index contributed by atoms with van der Waals surface area (Å²) in [6.07, 6.45) is 3.07. The van der Waals surface area contributed by atoms with Crippen LogP contribution in [0.1, 0.15) is 22.3 Å². The summed E-state index contributed by atoms with van der Waals surface area (Å²) < 4.78 is 83.1. The molecule has 0 aliphatic rings. The fourth-order valence-corrected chi connectivity index (χ4v) is 8.30. The molecule has 6 rings (SSSR count). The molecule has 0 aliphatic heterocycles. The number of hydrogen-bond acceptors (Lipinski definition) is 11. The van der Waals surface area contributed by atoms with Gasteiger partial charge in [0.05, 0.1) is 47.8 Å². The van der Waals surface area contributed by atoms with E-state index in [0.717, 1.165) is 33.8 Å². The Morgan fingerprint density at radius 1 is 0.534 bits per heavy atom. The second-order valence-electron chi connectivity index (χ2n) is 12.8. The van der Waals surface area contributed by atoms with Gasteiger partial charge in [-0.2, -0.15) is 18.8 Å². The normalized spacial score (nSPS) is 11.6. The first-order valence-electron chi connectivity index (χ1n) is 18.0. The summed E-state index contributed by atoms with van der Waals surface area (Å²) in [7, 11) is 0.389. The van der Waals surface area contributed by atoms with Gasteiger partial charge in [0, 0.05) is 39.5 Å². The minimum absolute atomic E-state index is 0.00521. The molecule has 1 N–H and O–H groups in total. The molecule has 0 saturated heterocycles. The molecule has 0 amide bonds. The van der Waals surface area contributed by atoms with Crippen molar-refractivity contribution in [2.24, 2.45) is 0 Å². The fraction of sp³-hybridized carbons (Fsp3) is 0.268. The molecular formula is C41H48N6O9S2. The fourth-order valence-electron chi connectivity index (χ4n) is 5.64. The number of aromatic amines is 1. The molecule has 58 heavy (non-hydrogen) atoms. The van der Waals surface area contributed by atoms with Gasteiger partial charge in [-0.3, -0.25) is 9.78 Å². The quantitative estimate of drug-likeness (QED) is 0.106. The highest BCUT2D eigenvalue weighted by Crippen LogP contribution is 2.24. The van der Waals surface area contributed by atoms with E-state index in [4.69, 9.17) is 23.7 Å². The monoisotopic (exact) mass is 832 g/mol. The van der Waals surface area contributed by atoms with Gasteiger partial charge in [0.2, 0.25) is 0 Å². The van der Waals surface area contributed by atoms with Crippen LogP contribution in [0.3, 0.4) is 0 Å². The lowest BCUT2D eigenvalue weighted by Gasteiger charge is -2.22. The molecule has 0 atom stereocenters. The van der Waals surface area contributed by atoms with Crippen LogP contribution in [-0.4, -0.2) is 87.6 Å². The van der Waals surface area contributed by atoms with Crippen molar-refractivity contribution in [2.45, 2.75) is 42.8 Å². The first kappa shape index (κ1) is 43.4. The first-order chi connectivity index (χ1) is 28.0. The summed E-state index contributed by atoms with van der Waals surface area (Å²) in [5.41, 5.74) is 3.40. The number of rotatable bonds is 19. The number of benzene rings is 4. The molecule has 0 spiro atoms. The minimum Gasteiger partial charge on any atom is -0.497 e. The lowest BCUT2D eigenvalue weighted by atomic mass is 10.2. The maximum absolute atomic E-state index is 13.4. The Hall–Kier alpha value is -5.72. The summed E-state index contributed by atoms with van der Waals surface area (Å²) in [5.74, 6) is 2.86. The SMILES string of the molecule is COCCn1ccc(S(=O)(=O)N(Cc2ccc(OC)cc2)Cc2ccc(OC)cc2)n1.COc1ccc(CN(Cc2ccc(OC)cc2)S(=O)(=O)c2ccn[nH]2)cc1. The van der Waals surface area contributed by atoms with Gasteiger partial charge in [0.1, 0.15) is 23.0 Å². The third-order valence-corrected chi connectivity index (χ3v) is 12.3. The average Bonchev–Trinajstić information content (AvgIpc) is 3.98. The Morgan fingerprint density at radius 2 is 0.914 bits per heavy atom. The van der Waals surface area contributed by atoms with Gasteiger partial charge < -0.3 is 23.7 Å². The number of methoxy groups -OCH3 is 5. The zero-order valence-corrected chi connectivity index (χ0v) is 34.6. The van der Waals surface area contributed by atoms with Gasteiger partial charge in [-0.25, -0.2) is 16.8 Å². The van der Waals surface area contributed by atoms with Crippen LogP contribution in [0.5, 0.6) is 23.0 Å². The third kappa shape index (κ3) is 11.7. The van der Waals surface area contributed by atoms with Crippen molar-refractivity contribution in [3.05, 3.63) is 144 Å². The van der Waals surface area contributed by atoms with Crippen LogP contribution >= 0.6 is 0 Å². The zero-order valence-electron chi connectivity index (χ0n) is 33.0. The first-order valence-corrected chi connectivity index (χ1v) is 20.9. The van der Waals surface area contributed by atoms with E-state index in [-0.39, 0.29) is 36.2 Å². The standard InChI is InChI=1S/C22H27N3O5S.C19H21N3O4S/c1-28-15-14-24-13-12-22(23-24)31(26,27)25(16-18-4-8-20(29-2)9-5-18)17-19-6-10-21(30-3)11-7-19;1-25-17-7-3-15(4-8-17)13-22(27(23,24)19-11-12-20-21-19)14-16-5-9-18(26-2)10-6-16/h4-13H,14-17H2,1-3H3;3-12H,13-14H2,1-2H3,(H,20,21). The van der Waals surface area contributed by atoms with Crippen molar-refractivity contribution in [1.82, 2.24) is 28.6 Å². The Balaban J connectivity index is 0.000000223. The summed E-state index contributed by atoms with van der Waals surface area (Å²) in [5, 5.41) is 10.6. The number of aromatic nitrogens is 4. The molecule has 4 aromatic carbocycles. The zero-order chi connectivity index (χ0) is 41.5. The van der Waals surface area contributed by atoms with Crippen molar-refractivity contribution in [3.63, 3.8) is 0 Å². The largest absolute Gasteiger partial charge is 0.497 e. The Bertz CT molecular complexity index is 2260. The van der Waals surface area contributed by atoms with Gasteiger partial charge in [0.15, 0.2) is 10.1 Å². The lowest BCUT2D eigenvalue weighted by Crippen LogP contribution is -2.30. The number of nitrogens with one attached hydrogen (secondary N) is 1. The number of hydrogen-bond donors (Lipinski definition) is 1. The summed E-state index contributed by atoms with van der Waals surface area (Å²) >= 11 is 0. The van der Waals surface area contributed by atoms with Crippen molar-refractivity contribution >= 4 is 20.0 Å². The second kappa shape index (κ2) is 20.6. The number of ether oxygens (including phenoxy) is 5. The highest BCUT2D eigenvalue weighted by Gasteiger charge is 2.28. The summed E-state index contributed by atoms with van der Waals surface area (Å²) in [6.45, 7) is 1.76. The van der Waals surface area contributed by atoms with Crippen molar-refractivity contribution in [3.8, 4) is 23.0 Å². The number of nitrogens with zero attached hydrogens (tertiary/aromatic N) is 5. The Kier molecular flexibility index (Phi) is 15.4. The van der Waals surface area contributed by atoms with Crippen molar-refractivity contribution in [1.29, 1.82) is 0 Å². The highest BCUT2D eigenvalue weighted by atomic mass is 32.2. The molecule has 0 saturated carbocycles. The van der Waals surface area contributed by atoms with E-state index >= 15 is 0 Å². The number of H-pyrrole nitrogens is 1. The van der Waals surface area contributed by atoms with Gasteiger partial charge >= 0.3 is 0 Å². The van der Waals surface area contributed by atoms with Crippen LogP contribution in [0.4, 0.5) is 0 Å². The maximum Gasteiger partial charge on any atom is 0.262 e. The van der Waals surface area contributed by atoms with Crippen LogP contribution in [0.25, 0.3) is 0 Å². The van der Waals surface area contributed by atoms with Crippen molar-refractivity contribution in [2.75, 3.05) is 42.2 Å². The smallest absolute Gasteiger partial charge is 0.262 e. The predicted molar refractivity (Wildman–Crippen MR) is 218 cm³/mol. The van der Waals surface area contributed by atoms with E-state index in [9.17, 15) is 16.8 Å². The Labute approximate surface area is 339 Å². The average molecular weight is 833 g/mol. The molecule has 2 heterocycles. The highest BCUT2D eigenvalue weighted by molar-refractivity contribution is 7.89. The van der Waals surface area contributed by atoms with E-state index in [1.165, 1.54) is 26.9 Å². The predicted octanol–water partition coefficient (Wildman–Crippen LogP) is 5.76. The van der Waals surface area contributed by atoms with E-state index in [1.54, 1.807) is 46.4 Å². The molecule has 308 valence electrons. The molecule has 15 nitrogen and oxygen atoms in total. The van der Waals surface area contributed by atoms with Crippen molar-refractivity contribution < 1.29 is 40.5 Å². The van der Waals surface area contributed by atoms with Gasteiger partial charge in [0.25, 0.3) is 20.0 Å². The van der Waals surface area contributed by atoms with E-state index in [1.807, 2.05) is 97.1 Å². The van der Waals surface area contributed by atoms with Gasteiger partial charge in [-0.1, -0.05) is 48.5 Å². The summed E-state index contributed by atoms with van der Waals surface area (Å²) in [4.78, 5) is 0. The molecule has 0 bridgehead atoms. The van der Waals surface area contributed by atoms with Crippen LogP contribution in [0, 0.1) is 0 Å². The molecule has 17 heteroatoms. The molecule has 0 aliphatic carbocycles. The Morgan fingerprint density at radius 3 is 1.24 bits per heavy atom. The third-order valence-electron chi connectivity index (χ3n) is 8.91. The lowest BCUT2D eigenvalue weighted by molar-refractivity contribution is 0.183. The molecule has 6 aromatic rings. The van der Waals surface area contributed by atoms with Crippen LogP contribution in [0.2, 0.25) is 0 Å². The molecule has 0 unspecified atom stereocenters. The van der Waals surface area contributed by atoms with Gasteiger partial charge in [-0.05, 0) is 82.9 Å². The van der Waals surface area contributed by atoms with Crippen LogP contribution in [0.15, 0.2) is 132 Å². The van der Waals surface area contributed by atoms with Crippen LogP contribution in [-0.2, 0) is 57.5 Å². The molecule has 2 aromatic heterocycles. The second-order valence-corrected chi connectivity index (χ2v) is 16.6. The maximum atomic E-state index is 13.4. The topological polar surface area (TPSA) is 167 Å². The van der Waals surface area contributed by atoms with E-state index < -0.39 is 20.0 Å². The molecular weight excluding hydrogens is 785 g/mol. The number of sulfonamides is 2. The molecule has 0 fully saturated rings. The molecule has 0 radical (unpaired) electrons. The summed E-state index contributed by atoms with van der Waals surface area (Å²) in [6, 6.07) is 32.3. The van der Waals surface area contributed by atoms with Gasteiger partial charge in [-0.15, -0.1) is 0 Å². The minimum atomic E-state index is -3.83. The van der Waals surface area contributed by atoms with Crippen LogP contribution < -0.4 is 18.9 Å². The van der Waals surface area contributed by atoms with E-state index in [2.05, 4.69) is 15.3 Å².